The zero-order valence-electron chi connectivity index (χ0n) is 13.5. The van der Waals surface area contributed by atoms with Crippen molar-refractivity contribution >= 4 is 5.97 Å². The summed E-state index contributed by atoms with van der Waals surface area (Å²) >= 11 is 0. The molecule has 0 fully saturated rings. The molecular weight excluding hydrogens is 328 g/mol. The predicted octanol–water partition coefficient (Wildman–Crippen LogP) is 4.39. The molecule has 6 heteroatoms. The van der Waals surface area contributed by atoms with Gasteiger partial charge in [0.15, 0.2) is 5.76 Å². The summed E-state index contributed by atoms with van der Waals surface area (Å²) in [5.41, 5.74) is 0.986. The third-order valence-electron chi connectivity index (χ3n) is 3.52. The monoisotopic (exact) mass is 343 g/mol. The minimum atomic E-state index is -0.491. The van der Waals surface area contributed by atoms with Crippen LogP contribution in [-0.4, -0.2) is 17.6 Å². The summed E-state index contributed by atoms with van der Waals surface area (Å²) in [5.74, 6) is -1.03. The van der Waals surface area contributed by atoms with E-state index in [4.69, 9.17) is 9.15 Å². The number of hydrogen-bond acceptors (Lipinski definition) is 4. The van der Waals surface area contributed by atoms with E-state index in [1.165, 1.54) is 30.3 Å². The number of rotatable bonds is 5. The van der Waals surface area contributed by atoms with E-state index in [0.717, 1.165) is 0 Å². The smallest absolute Gasteiger partial charge is 0.312 e. The molecule has 1 heterocycles. The number of halogens is 2. The van der Waals surface area contributed by atoms with Crippen molar-refractivity contribution in [2.24, 2.45) is 0 Å². The molecule has 2 aromatic carbocycles. The number of benzene rings is 2. The largest absolute Gasteiger partial charge is 0.466 e. The van der Waals surface area contributed by atoms with Gasteiger partial charge in [-0.3, -0.25) is 4.79 Å². The molecule has 1 aromatic heterocycles. The Morgan fingerprint density at radius 3 is 2.52 bits per heavy atom. The molecule has 128 valence electrons. The first-order valence-corrected chi connectivity index (χ1v) is 7.74. The lowest BCUT2D eigenvalue weighted by Crippen LogP contribution is -2.08. The summed E-state index contributed by atoms with van der Waals surface area (Å²) < 4.78 is 37.9. The van der Waals surface area contributed by atoms with Gasteiger partial charge >= 0.3 is 5.97 Å². The van der Waals surface area contributed by atoms with Crippen LogP contribution >= 0.6 is 0 Å². The Hall–Kier alpha value is -3.02. The molecule has 0 aliphatic rings. The average molecular weight is 343 g/mol. The van der Waals surface area contributed by atoms with Gasteiger partial charge in [-0.25, -0.2) is 13.8 Å². The fourth-order valence-corrected chi connectivity index (χ4v) is 2.39. The lowest BCUT2D eigenvalue weighted by Gasteiger charge is -2.02. The highest BCUT2D eigenvalue weighted by molar-refractivity contribution is 5.76. The standard InChI is InChI=1S/C19H15F2NO3/c1-2-24-17(23)11-16-18(14-5-3-4-6-15(14)21)25-19(22-16)12-7-9-13(20)10-8-12/h3-10H,2,11H2,1H3. The molecule has 0 atom stereocenters. The SMILES string of the molecule is CCOC(=O)Cc1nc(-c2ccc(F)cc2)oc1-c1ccccc1F. The zero-order valence-corrected chi connectivity index (χ0v) is 13.5. The summed E-state index contributed by atoms with van der Waals surface area (Å²) in [5, 5.41) is 0. The third kappa shape index (κ3) is 3.74. The van der Waals surface area contributed by atoms with Crippen molar-refractivity contribution < 1.29 is 22.7 Å². The molecule has 0 N–H and O–H groups in total. The van der Waals surface area contributed by atoms with Crippen LogP contribution in [0.4, 0.5) is 8.78 Å². The van der Waals surface area contributed by atoms with E-state index in [2.05, 4.69) is 4.98 Å². The summed E-state index contributed by atoms with van der Waals surface area (Å²) in [4.78, 5) is 16.1. The molecule has 4 nitrogen and oxygen atoms in total. The van der Waals surface area contributed by atoms with Crippen LogP contribution in [-0.2, 0) is 16.0 Å². The molecule has 0 spiro atoms. The predicted molar refractivity (Wildman–Crippen MR) is 87.6 cm³/mol. The first-order valence-electron chi connectivity index (χ1n) is 7.74. The van der Waals surface area contributed by atoms with Gasteiger partial charge in [-0.2, -0.15) is 0 Å². The summed E-state index contributed by atoms with van der Waals surface area (Å²) in [6.07, 6.45) is -0.151. The Labute approximate surface area is 143 Å². The molecule has 0 amide bonds. The summed E-state index contributed by atoms with van der Waals surface area (Å²) in [6.45, 7) is 1.93. The van der Waals surface area contributed by atoms with Gasteiger partial charge in [0.05, 0.1) is 24.3 Å². The fourth-order valence-electron chi connectivity index (χ4n) is 2.39. The van der Waals surface area contributed by atoms with Gasteiger partial charge in [0.25, 0.3) is 0 Å². The second-order valence-corrected chi connectivity index (χ2v) is 5.26. The molecule has 0 radical (unpaired) electrons. The molecule has 25 heavy (non-hydrogen) atoms. The molecule has 0 aliphatic heterocycles. The summed E-state index contributed by atoms with van der Waals surface area (Å²) in [7, 11) is 0. The van der Waals surface area contributed by atoms with Gasteiger partial charge in [0.2, 0.25) is 5.89 Å². The maximum absolute atomic E-state index is 14.2. The molecule has 0 saturated heterocycles. The van der Waals surface area contributed by atoms with Crippen LogP contribution in [0, 0.1) is 11.6 Å². The van der Waals surface area contributed by atoms with Crippen LogP contribution < -0.4 is 0 Å². The minimum Gasteiger partial charge on any atom is -0.466 e. The van der Waals surface area contributed by atoms with Crippen LogP contribution in [0.15, 0.2) is 52.9 Å². The highest BCUT2D eigenvalue weighted by Gasteiger charge is 2.21. The van der Waals surface area contributed by atoms with Crippen molar-refractivity contribution in [1.29, 1.82) is 0 Å². The van der Waals surface area contributed by atoms with Gasteiger partial charge in [-0.15, -0.1) is 0 Å². The van der Waals surface area contributed by atoms with Crippen LogP contribution in [0.5, 0.6) is 0 Å². The topological polar surface area (TPSA) is 52.3 Å². The lowest BCUT2D eigenvalue weighted by molar-refractivity contribution is -0.142. The van der Waals surface area contributed by atoms with Crippen molar-refractivity contribution in [3.05, 3.63) is 65.9 Å². The first-order chi connectivity index (χ1) is 12.1. The Morgan fingerprint density at radius 2 is 1.84 bits per heavy atom. The van der Waals surface area contributed by atoms with Crippen molar-refractivity contribution in [3.63, 3.8) is 0 Å². The van der Waals surface area contributed by atoms with E-state index in [9.17, 15) is 13.6 Å². The molecule has 0 saturated carbocycles. The third-order valence-corrected chi connectivity index (χ3v) is 3.52. The number of aromatic nitrogens is 1. The van der Waals surface area contributed by atoms with Gasteiger partial charge < -0.3 is 9.15 Å². The average Bonchev–Trinajstić information content (AvgIpc) is 2.99. The Kier molecular flexibility index (Phi) is 4.88. The highest BCUT2D eigenvalue weighted by Crippen LogP contribution is 2.32. The number of hydrogen-bond donors (Lipinski definition) is 0. The van der Waals surface area contributed by atoms with E-state index in [0.29, 0.717) is 5.56 Å². The molecule has 0 aliphatic carbocycles. The fraction of sp³-hybridized carbons (Fsp3) is 0.158. The number of carbonyl (C=O) groups is 1. The van der Waals surface area contributed by atoms with Crippen molar-refractivity contribution in [2.45, 2.75) is 13.3 Å². The van der Waals surface area contributed by atoms with E-state index < -0.39 is 17.6 Å². The van der Waals surface area contributed by atoms with E-state index in [-0.39, 0.29) is 35.9 Å². The Bertz CT molecular complexity index is 888. The van der Waals surface area contributed by atoms with Crippen molar-refractivity contribution in [3.8, 4) is 22.8 Å². The quantitative estimate of drug-likeness (QED) is 0.645. The maximum atomic E-state index is 14.2. The highest BCUT2D eigenvalue weighted by atomic mass is 19.1. The van der Waals surface area contributed by atoms with Gasteiger partial charge in [0.1, 0.15) is 11.6 Å². The molecule has 0 unspecified atom stereocenters. The Balaban J connectivity index is 2.06. The number of esters is 1. The van der Waals surface area contributed by atoms with Gasteiger partial charge in [0, 0.05) is 5.56 Å². The Morgan fingerprint density at radius 1 is 1.12 bits per heavy atom. The zero-order chi connectivity index (χ0) is 17.8. The second-order valence-electron chi connectivity index (χ2n) is 5.26. The van der Waals surface area contributed by atoms with Gasteiger partial charge in [-0.05, 0) is 43.3 Å². The molecular formula is C19H15F2NO3. The lowest BCUT2D eigenvalue weighted by atomic mass is 10.1. The molecule has 3 rings (SSSR count). The second kappa shape index (κ2) is 7.25. The number of ether oxygens (including phenoxy) is 1. The van der Waals surface area contributed by atoms with Crippen LogP contribution in [0.25, 0.3) is 22.8 Å². The molecule has 0 bridgehead atoms. The van der Waals surface area contributed by atoms with Crippen molar-refractivity contribution in [1.82, 2.24) is 4.98 Å². The first kappa shape index (κ1) is 16.8. The minimum absolute atomic E-state index is 0.151. The number of oxazole rings is 1. The van der Waals surface area contributed by atoms with Crippen LogP contribution in [0.3, 0.4) is 0 Å². The normalized spacial score (nSPS) is 10.7. The maximum Gasteiger partial charge on any atom is 0.312 e. The number of nitrogens with zero attached hydrogens (tertiary/aromatic N) is 1. The number of carbonyl (C=O) groups excluding carboxylic acids is 1. The van der Waals surface area contributed by atoms with E-state index in [1.54, 1.807) is 25.1 Å². The van der Waals surface area contributed by atoms with Crippen molar-refractivity contribution in [2.75, 3.05) is 6.61 Å². The van der Waals surface area contributed by atoms with Crippen LogP contribution in [0.1, 0.15) is 12.6 Å². The van der Waals surface area contributed by atoms with E-state index in [1.807, 2.05) is 0 Å². The van der Waals surface area contributed by atoms with E-state index >= 15 is 0 Å². The summed E-state index contributed by atoms with van der Waals surface area (Å²) in [6, 6.07) is 11.6. The van der Waals surface area contributed by atoms with Crippen LogP contribution in [0.2, 0.25) is 0 Å². The molecule has 3 aromatic rings. The van der Waals surface area contributed by atoms with Gasteiger partial charge in [-0.1, -0.05) is 12.1 Å².